The van der Waals surface area contributed by atoms with E-state index >= 15 is 0 Å². The first-order valence-electron chi connectivity index (χ1n) is 9.41. The number of primary amides is 1. The lowest BCUT2D eigenvalue weighted by Gasteiger charge is -2.50. The number of nitrogens with two attached hydrogens (primary N) is 1. The summed E-state index contributed by atoms with van der Waals surface area (Å²) in [6.45, 7) is 3.42. The van der Waals surface area contributed by atoms with Crippen LogP contribution in [0.15, 0.2) is 29.0 Å². The molecule has 0 saturated heterocycles. The van der Waals surface area contributed by atoms with Gasteiger partial charge in [-0.3, -0.25) is 14.4 Å². The molecular weight excluding hydrogens is 394 g/mol. The number of aliphatic hydroxyl groups excluding tert-OH is 3. The van der Waals surface area contributed by atoms with Crippen molar-refractivity contribution in [1.29, 1.82) is 0 Å². The largest absolute Gasteiger partial charge is 0.508 e. The van der Waals surface area contributed by atoms with E-state index in [2.05, 4.69) is 0 Å². The second kappa shape index (κ2) is 6.16. The highest BCUT2D eigenvalue weighted by Crippen LogP contribution is 2.55. The van der Waals surface area contributed by atoms with Crippen molar-refractivity contribution in [2.24, 2.45) is 17.6 Å². The Morgan fingerprint density at radius 1 is 1.20 bits per heavy atom. The highest BCUT2D eigenvalue weighted by molar-refractivity contribution is 6.22. The van der Waals surface area contributed by atoms with Crippen LogP contribution in [0.2, 0.25) is 0 Å². The normalized spacial score (nSPS) is 33.2. The maximum absolute atomic E-state index is 13.4. The third-order valence-corrected chi connectivity index (χ3v) is 6.58. The molecule has 5 unspecified atom stereocenters. The van der Waals surface area contributed by atoms with E-state index < -0.39 is 70.4 Å². The Morgan fingerprint density at radius 2 is 1.83 bits per heavy atom. The molecule has 4 rings (SSSR count). The van der Waals surface area contributed by atoms with Crippen molar-refractivity contribution in [2.45, 2.75) is 37.9 Å². The molecule has 30 heavy (non-hydrogen) atoms. The summed E-state index contributed by atoms with van der Waals surface area (Å²) in [6, 6.07) is 3.10. The first kappa shape index (κ1) is 20.1. The number of hydrogen-bond acceptors (Lipinski definition) is 8. The van der Waals surface area contributed by atoms with E-state index in [1.165, 1.54) is 6.07 Å². The fourth-order valence-corrected chi connectivity index (χ4v) is 5.17. The summed E-state index contributed by atoms with van der Waals surface area (Å²) in [4.78, 5) is 37.3. The Hall–Kier alpha value is -3.17. The number of phenolic OH excluding ortho intramolecular Hbond substituents is 1. The highest BCUT2D eigenvalue weighted by Gasteiger charge is 2.64. The van der Waals surface area contributed by atoms with Gasteiger partial charge >= 0.3 is 0 Å². The molecule has 1 aromatic rings. The van der Waals surface area contributed by atoms with Crippen LogP contribution in [0.4, 0.5) is 0 Å². The number of aliphatic hydroxyl groups is 4. The third kappa shape index (κ3) is 2.27. The number of hydrogen-bond donors (Lipinski definition) is 6. The first-order valence-corrected chi connectivity index (χ1v) is 9.41. The average Bonchev–Trinajstić information content (AvgIpc) is 2.64. The van der Waals surface area contributed by atoms with Crippen molar-refractivity contribution in [1.82, 2.24) is 0 Å². The second-order valence-corrected chi connectivity index (χ2v) is 8.23. The van der Waals surface area contributed by atoms with Gasteiger partial charge in [0.1, 0.15) is 22.8 Å². The van der Waals surface area contributed by atoms with Crippen molar-refractivity contribution >= 4 is 23.2 Å². The number of benzene rings is 1. The van der Waals surface area contributed by atoms with Gasteiger partial charge in [-0.2, -0.15) is 0 Å². The number of aryl methyl sites for hydroxylation is 1. The SMILES string of the molecule is Cc1cc(O)c2c(c1)C(C)C1C(=C2O)C(=O)C2(O)C(O)=C(C(N)=O)C(=O)CC2C1O. The van der Waals surface area contributed by atoms with E-state index in [9.17, 15) is 39.9 Å². The smallest absolute Gasteiger partial charge is 0.255 e. The zero-order valence-electron chi connectivity index (χ0n) is 16.2. The molecule has 3 aliphatic carbocycles. The lowest BCUT2D eigenvalue weighted by molar-refractivity contribution is -0.160. The molecule has 9 nitrogen and oxygen atoms in total. The predicted octanol–water partition coefficient (Wildman–Crippen LogP) is 0.264. The van der Waals surface area contributed by atoms with E-state index in [0.29, 0.717) is 11.1 Å². The number of fused-ring (bicyclic) bond motifs is 3. The third-order valence-electron chi connectivity index (χ3n) is 6.58. The average molecular weight is 415 g/mol. The Balaban J connectivity index is 2.02. The van der Waals surface area contributed by atoms with Crippen LogP contribution in [0, 0.1) is 18.8 Å². The van der Waals surface area contributed by atoms with Gasteiger partial charge in [-0.05, 0) is 30.0 Å². The topological polar surface area (TPSA) is 178 Å². The zero-order chi connectivity index (χ0) is 22.3. The summed E-state index contributed by atoms with van der Waals surface area (Å²) < 4.78 is 0. The van der Waals surface area contributed by atoms with Gasteiger partial charge in [0.05, 0.1) is 11.7 Å². The van der Waals surface area contributed by atoms with E-state index in [1.807, 2.05) is 0 Å². The molecule has 0 aromatic heterocycles. The molecule has 0 bridgehead atoms. The molecule has 0 radical (unpaired) electrons. The van der Waals surface area contributed by atoms with Crippen molar-refractivity contribution in [3.8, 4) is 5.75 Å². The molecule has 1 aromatic carbocycles. The van der Waals surface area contributed by atoms with Crippen molar-refractivity contribution < 1.29 is 39.9 Å². The molecule has 3 aliphatic rings. The number of aromatic hydroxyl groups is 1. The molecule has 0 spiro atoms. The lowest BCUT2D eigenvalue weighted by Crippen LogP contribution is -2.63. The predicted molar refractivity (Wildman–Crippen MR) is 102 cm³/mol. The summed E-state index contributed by atoms with van der Waals surface area (Å²) in [5.74, 6) is -8.53. The summed E-state index contributed by atoms with van der Waals surface area (Å²) in [7, 11) is 0. The van der Waals surface area contributed by atoms with Gasteiger partial charge in [-0.15, -0.1) is 0 Å². The fourth-order valence-electron chi connectivity index (χ4n) is 5.17. The molecular formula is C21H21NO8. The van der Waals surface area contributed by atoms with E-state index in [0.717, 1.165) is 0 Å². The summed E-state index contributed by atoms with van der Waals surface area (Å²) in [6.07, 6.45) is -2.11. The monoisotopic (exact) mass is 415 g/mol. The molecule has 5 atom stereocenters. The fraction of sp³-hybridized carbons (Fsp3) is 0.381. The van der Waals surface area contributed by atoms with Crippen LogP contribution in [0.5, 0.6) is 5.75 Å². The van der Waals surface area contributed by atoms with Gasteiger partial charge in [0, 0.05) is 23.8 Å². The van der Waals surface area contributed by atoms with Crippen molar-refractivity contribution in [3.05, 3.63) is 45.7 Å². The number of carbonyl (C=O) groups excluding carboxylic acids is 3. The van der Waals surface area contributed by atoms with Gasteiger partial charge < -0.3 is 31.3 Å². The Labute approximate surface area is 170 Å². The summed E-state index contributed by atoms with van der Waals surface area (Å²) >= 11 is 0. The number of amides is 1. The zero-order valence-corrected chi connectivity index (χ0v) is 16.2. The number of ketones is 2. The molecule has 0 heterocycles. The van der Waals surface area contributed by atoms with Gasteiger partial charge in [-0.1, -0.05) is 13.0 Å². The maximum Gasteiger partial charge on any atom is 0.255 e. The van der Waals surface area contributed by atoms with Gasteiger partial charge in [0.15, 0.2) is 11.4 Å². The maximum atomic E-state index is 13.4. The minimum Gasteiger partial charge on any atom is -0.508 e. The number of carbonyl (C=O) groups is 3. The number of phenols is 1. The van der Waals surface area contributed by atoms with Gasteiger partial charge in [-0.25, -0.2) is 0 Å². The van der Waals surface area contributed by atoms with Crippen LogP contribution in [0.25, 0.3) is 5.76 Å². The standard InChI is InChI=1S/C21H21NO8/c1-6-3-8-7(2)12-15(17(26)13(8)10(23)4-6)19(28)21(30)9(16(12)25)5-11(24)14(18(21)27)20(22)29/h3-4,7,9,12,16,23,25-27,30H,5H2,1-2H3,(H2,22,29). The minimum atomic E-state index is -2.81. The molecule has 1 saturated carbocycles. The van der Waals surface area contributed by atoms with Crippen LogP contribution in [-0.2, 0) is 14.4 Å². The lowest BCUT2D eigenvalue weighted by atomic mass is 9.55. The van der Waals surface area contributed by atoms with Crippen LogP contribution < -0.4 is 5.73 Å². The Bertz CT molecular complexity index is 1100. The van der Waals surface area contributed by atoms with Crippen LogP contribution >= 0.6 is 0 Å². The Kier molecular flexibility index (Phi) is 4.13. The number of Topliss-reactive ketones (excluding diaryl/α,β-unsaturated/α-hetero) is 2. The van der Waals surface area contributed by atoms with Crippen LogP contribution in [-0.4, -0.2) is 54.7 Å². The van der Waals surface area contributed by atoms with E-state index in [-0.39, 0.29) is 16.9 Å². The van der Waals surface area contributed by atoms with Gasteiger partial charge in [0.2, 0.25) is 5.78 Å². The van der Waals surface area contributed by atoms with E-state index in [1.54, 1.807) is 19.9 Å². The molecule has 1 fully saturated rings. The van der Waals surface area contributed by atoms with E-state index in [4.69, 9.17) is 5.73 Å². The molecule has 7 N–H and O–H groups in total. The molecule has 1 amide bonds. The quantitative estimate of drug-likeness (QED) is 0.354. The Morgan fingerprint density at radius 3 is 2.43 bits per heavy atom. The highest BCUT2D eigenvalue weighted by atomic mass is 16.4. The van der Waals surface area contributed by atoms with Crippen molar-refractivity contribution in [2.75, 3.05) is 0 Å². The second-order valence-electron chi connectivity index (χ2n) is 8.23. The minimum absolute atomic E-state index is 0.00701. The molecule has 158 valence electrons. The van der Waals surface area contributed by atoms with Crippen LogP contribution in [0.3, 0.4) is 0 Å². The molecule has 0 aliphatic heterocycles. The van der Waals surface area contributed by atoms with Gasteiger partial charge in [0.25, 0.3) is 5.91 Å². The summed E-state index contributed by atoms with van der Waals surface area (Å²) in [5.41, 5.74) is 2.21. The molecule has 9 heteroatoms. The number of rotatable bonds is 1. The summed E-state index contributed by atoms with van der Waals surface area (Å²) in [5, 5.41) is 54.0. The van der Waals surface area contributed by atoms with Crippen LogP contribution in [0.1, 0.15) is 36.0 Å². The van der Waals surface area contributed by atoms with Crippen molar-refractivity contribution in [3.63, 3.8) is 0 Å². The first-order chi connectivity index (χ1) is 13.9.